The predicted molar refractivity (Wildman–Crippen MR) is 63.6 cm³/mol. The Hall–Kier alpha value is -1.65. The van der Waals surface area contributed by atoms with Crippen LogP contribution in [-0.4, -0.2) is 37.7 Å². The van der Waals surface area contributed by atoms with Crippen LogP contribution >= 0.6 is 0 Å². The first-order valence-corrected chi connectivity index (χ1v) is 6.88. The number of halogens is 3. The average molecular weight is 328 g/mol. The minimum atomic E-state index is -6.00. The van der Waals surface area contributed by atoms with Gasteiger partial charge in [0.1, 0.15) is 0 Å². The van der Waals surface area contributed by atoms with Crippen LogP contribution in [0.25, 0.3) is 0 Å². The van der Waals surface area contributed by atoms with E-state index in [0.717, 1.165) is 0 Å². The van der Waals surface area contributed by atoms with Gasteiger partial charge in [-0.1, -0.05) is 30.3 Å². The minimum absolute atomic E-state index is 0.0972. The number of hydrogen-bond acceptors (Lipinski definition) is 5. The fourth-order valence-electron chi connectivity index (χ4n) is 1.21. The topological polar surface area (TPSA) is 89.9 Å². The molecule has 1 N–H and O–H groups in total. The zero-order chi connectivity index (χ0) is 16.1. The number of benzene rings is 1. The molecular weight excluding hydrogens is 317 g/mol. The number of aliphatic carboxylic acids is 1. The number of carboxylic acids is 1. The van der Waals surface area contributed by atoms with Gasteiger partial charge in [-0.2, -0.15) is 21.6 Å². The summed E-state index contributed by atoms with van der Waals surface area (Å²) in [4.78, 5) is 10.7. The maximum Gasteiger partial charge on any atom is 0.523 e. The van der Waals surface area contributed by atoms with Crippen molar-refractivity contribution in [3.05, 3.63) is 35.9 Å². The van der Waals surface area contributed by atoms with E-state index >= 15 is 0 Å². The second kappa shape index (κ2) is 6.87. The van der Waals surface area contributed by atoms with Gasteiger partial charge >= 0.3 is 21.6 Å². The fourth-order valence-corrected chi connectivity index (χ4v) is 1.76. The molecule has 0 bridgehead atoms. The predicted octanol–water partition coefficient (Wildman–Crippen LogP) is 1.52. The van der Waals surface area contributed by atoms with Gasteiger partial charge in [0, 0.05) is 0 Å². The van der Waals surface area contributed by atoms with Gasteiger partial charge in [-0.3, -0.25) is 0 Å². The van der Waals surface area contributed by atoms with Crippen LogP contribution in [0, 0.1) is 0 Å². The molecule has 10 heteroatoms. The Labute approximate surface area is 118 Å². The number of hydrogen-bond donors (Lipinski definition) is 1. The van der Waals surface area contributed by atoms with Crippen molar-refractivity contribution < 1.29 is 40.4 Å². The average Bonchev–Trinajstić information content (AvgIpc) is 2.37. The van der Waals surface area contributed by atoms with E-state index in [1.807, 2.05) is 0 Å². The van der Waals surface area contributed by atoms with Crippen LogP contribution in [0.1, 0.15) is 5.56 Å². The van der Waals surface area contributed by atoms with Crippen molar-refractivity contribution in [2.45, 2.75) is 18.2 Å². The highest BCUT2D eigenvalue weighted by Crippen LogP contribution is 2.25. The van der Waals surface area contributed by atoms with E-state index in [1.54, 1.807) is 30.3 Å². The van der Waals surface area contributed by atoms with Crippen molar-refractivity contribution in [3.8, 4) is 0 Å². The van der Waals surface area contributed by atoms with Gasteiger partial charge in [0.05, 0.1) is 13.2 Å². The highest BCUT2D eigenvalue weighted by Gasteiger charge is 2.49. The summed E-state index contributed by atoms with van der Waals surface area (Å²) < 4.78 is 66.2. The molecule has 0 spiro atoms. The Balaban J connectivity index is 2.61. The van der Waals surface area contributed by atoms with Gasteiger partial charge in [-0.15, -0.1) is 0 Å². The summed E-state index contributed by atoms with van der Waals surface area (Å²) >= 11 is 0. The highest BCUT2D eigenvalue weighted by molar-refractivity contribution is 7.87. The number of carbonyl (C=O) groups is 1. The molecule has 0 fully saturated rings. The Kier molecular flexibility index (Phi) is 5.70. The molecule has 0 aliphatic rings. The standard InChI is InChI=1S/C11H11F3O6S/c12-11(13,14)21(17,18)20-9(10(15)16)7-19-6-8-4-2-1-3-5-8/h1-5,9H,6-7H2,(H,15,16)/t9-/m1/s1. The van der Waals surface area contributed by atoms with Crippen LogP contribution < -0.4 is 0 Å². The first kappa shape index (κ1) is 17.4. The number of carboxylic acid groups (broad SMARTS) is 1. The molecule has 0 saturated heterocycles. The van der Waals surface area contributed by atoms with Crippen molar-refractivity contribution in [3.63, 3.8) is 0 Å². The molecule has 118 valence electrons. The van der Waals surface area contributed by atoms with E-state index in [4.69, 9.17) is 9.84 Å². The Morgan fingerprint density at radius 2 is 1.81 bits per heavy atom. The van der Waals surface area contributed by atoms with Gasteiger partial charge in [0.15, 0.2) is 6.10 Å². The maximum atomic E-state index is 12.1. The molecule has 1 aromatic rings. The van der Waals surface area contributed by atoms with Crippen molar-refractivity contribution in [1.29, 1.82) is 0 Å². The summed E-state index contributed by atoms with van der Waals surface area (Å²) in [6, 6.07) is 8.37. The van der Waals surface area contributed by atoms with E-state index in [2.05, 4.69) is 4.18 Å². The quantitative estimate of drug-likeness (QED) is 0.603. The van der Waals surface area contributed by atoms with E-state index in [-0.39, 0.29) is 6.61 Å². The summed E-state index contributed by atoms with van der Waals surface area (Å²) in [5, 5.41) is 8.66. The molecule has 0 saturated carbocycles. The second-order valence-corrected chi connectivity index (χ2v) is 5.39. The maximum absolute atomic E-state index is 12.1. The first-order chi connectivity index (χ1) is 9.63. The molecular formula is C11H11F3O6S. The number of alkyl halides is 3. The van der Waals surface area contributed by atoms with Crippen molar-refractivity contribution >= 4 is 16.1 Å². The van der Waals surface area contributed by atoms with Crippen LogP contribution in [0.2, 0.25) is 0 Å². The zero-order valence-corrected chi connectivity index (χ0v) is 11.2. The van der Waals surface area contributed by atoms with Crippen molar-refractivity contribution in [2.24, 2.45) is 0 Å². The lowest BCUT2D eigenvalue weighted by atomic mass is 10.2. The molecule has 0 unspecified atom stereocenters. The van der Waals surface area contributed by atoms with Gasteiger partial charge in [0.2, 0.25) is 0 Å². The Morgan fingerprint density at radius 3 is 2.29 bits per heavy atom. The van der Waals surface area contributed by atoms with Crippen molar-refractivity contribution in [2.75, 3.05) is 6.61 Å². The molecule has 0 aromatic heterocycles. The third kappa shape index (κ3) is 5.33. The van der Waals surface area contributed by atoms with Gasteiger partial charge in [-0.05, 0) is 5.56 Å². The van der Waals surface area contributed by atoms with E-state index in [0.29, 0.717) is 5.56 Å². The Bertz CT molecular complexity index is 569. The van der Waals surface area contributed by atoms with Gasteiger partial charge in [-0.25, -0.2) is 8.98 Å². The van der Waals surface area contributed by atoms with E-state index < -0.39 is 34.3 Å². The highest BCUT2D eigenvalue weighted by atomic mass is 32.2. The van der Waals surface area contributed by atoms with Crippen molar-refractivity contribution in [1.82, 2.24) is 0 Å². The third-order valence-corrected chi connectivity index (χ3v) is 3.24. The van der Waals surface area contributed by atoms with E-state index in [1.165, 1.54) is 0 Å². The SMILES string of the molecule is O=C(O)[C@@H](COCc1ccccc1)OS(=O)(=O)C(F)(F)F. The van der Waals surface area contributed by atoms with Crippen LogP contribution in [0.15, 0.2) is 30.3 Å². The van der Waals surface area contributed by atoms with E-state index in [9.17, 15) is 26.4 Å². The van der Waals surface area contributed by atoms with Gasteiger partial charge in [0.25, 0.3) is 0 Å². The molecule has 6 nitrogen and oxygen atoms in total. The first-order valence-electron chi connectivity index (χ1n) is 5.47. The molecule has 21 heavy (non-hydrogen) atoms. The van der Waals surface area contributed by atoms with Crippen LogP contribution in [0.5, 0.6) is 0 Å². The summed E-state index contributed by atoms with van der Waals surface area (Å²) in [5.41, 5.74) is -5.06. The molecule has 0 aliphatic carbocycles. The molecule has 1 rings (SSSR count). The molecule has 0 amide bonds. The van der Waals surface area contributed by atoms with Crippen LogP contribution in [0.3, 0.4) is 0 Å². The Morgan fingerprint density at radius 1 is 1.24 bits per heavy atom. The zero-order valence-electron chi connectivity index (χ0n) is 10.4. The molecule has 1 atom stereocenters. The summed E-state index contributed by atoms with van der Waals surface area (Å²) in [7, 11) is -6.00. The summed E-state index contributed by atoms with van der Waals surface area (Å²) in [6.45, 7) is -0.945. The normalized spacial score (nSPS) is 13.9. The largest absolute Gasteiger partial charge is 0.523 e. The lowest BCUT2D eigenvalue weighted by Crippen LogP contribution is -2.36. The van der Waals surface area contributed by atoms with Crippen LogP contribution in [-0.2, 0) is 30.4 Å². The lowest BCUT2D eigenvalue weighted by molar-refractivity contribution is -0.149. The lowest BCUT2D eigenvalue weighted by Gasteiger charge is -2.15. The summed E-state index contributed by atoms with van der Waals surface area (Å²) in [6.07, 6.45) is -2.28. The molecule has 0 heterocycles. The summed E-state index contributed by atoms with van der Waals surface area (Å²) in [5.74, 6) is -1.88. The molecule has 1 aromatic carbocycles. The third-order valence-electron chi connectivity index (χ3n) is 2.18. The fraction of sp³-hybridized carbons (Fsp3) is 0.364. The monoisotopic (exact) mass is 328 g/mol. The minimum Gasteiger partial charge on any atom is -0.479 e. The second-order valence-electron chi connectivity index (χ2n) is 3.82. The van der Waals surface area contributed by atoms with Gasteiger partial charge < -0.3 is 9.84 Å². The molecule has 0 radical (unpaired) electrons. The number of rotatable bonds is 7. The molecule has 0 aliphatic heterocycles. The smallest absolute Gasteiger partial charge is 0.479 e. The number of ether oxygens (including phenoxy) is 1. The van der Waals surface area contributed by atoms with Crippen LogP contribution in [0.4, 0.5) is 13.2 Å².